The Labute approximate surface area is 364 Å². The molecule has 62 heavy (non-hydrogen) atoms. The van der Waals surface area contributed by atoms with Gasteiger partial charge in [0.05, 0.1) is 36.2 Å². The number of hydrogen-bond acceptors (Lipinski definition) is 9. The van der Waals surface area contributed by atoms with Crippen LogP contribution in [0.15, 0.2) is 36.8 Å². The van der Waals surface area contributed by atoms with E-state index in [2.05, 4.69) is 39.8 Å². The molecule has 1 saturated carbocycles. The maximum absolute atomic E-state index is 14.4. The fraction of sp³-hybridized carbons (Fsp3) is 0.696. The summed E-state index contributed by atoms with van der Waals surface area (Å²) >= 11 is 0. The smallest absolute Gasteiger partial charge is 0.381 e. The third kappa shape index (κ3) is 12.3. The molecule has 0 spiro atoms. The van der Waals surface area contributed by atoms with Crippen LogP contribution in [-0.4, -0.2) is 109 Å². The Morgan fingerprint density at radius 2 is 1.77 bits per heavy atom. The van der Waals surface area contributed by atoms with Crippen molar-refractivity contribution >= 4 is 23.6 Å². The Hall–Kier alpha value is -4.15. The van der Waals surface area contributed by atoms with E-state index in [0.29, 0.717) is 108 Å². The molecule has 16 heteroatoms. The van der Waals surface area contributed by atoms with Crippen LogP contribution in [0.5, 0.6) is 0 Å². The van der Waals surface area contributed by atoms with Gasteiger partial charge in [-0.25, -0.2) is 0 Å². The Kier molecular flexibility index (Phi) is 15.4. The van der Waals surface area contributed by atoms with Crippen molar-refractivity contribution in [3.63, 3.8) is 0 Å². The van der Waals surface area contributed by atoms with E-state index in [1.165, 1.54) is 0 Å². The number of likely N-dealkylation sites (tertiary alicyclic amines) is 1. The molecule has 0 radical (unpaired) electrons. The molecule has 1 aliphatic carbocycles. The van der Waals surface area contributed by atoms with E-state index in [4.69, 9.17) is 9.47 Å². The summed E-state index contributed by atoms with van der Waals surface area (Å²) in [5.74, 6) is -0.870. The lowest BCUT2D eigenvalue weighted by Crippen LogP contribution is -2.47. The SMILES string of the molecule is CN1C(=O)C[C@H](C(=O)NCC(C)(C)COCC(C)(C)CCC(=O)NCCC[C@]2(C(=O)N3CCc4ncc(C(F)(F)F)cc4C3)CC[C@@H](NC3CCOCC3)C2)[C@H]1c1cccnc1. The highest BCUT2D eigenvalue weighted by atomic mass is 19.4. The van der Waals surface area contributed by atoms with Gasteiger partial charge < -0.3 is 35.2 Å². The zero-order chi connectivity index (χ0) is 44.7. The minimum absolute atomic E-state index is 0.0249. The van der Waals surface area contributed by atoms with E-state index in [9.17, 15) is 32.3 Å². The van der Waals surface area contributed by atoms with Gasteiger partial charge in [-0.1, -0.05) is 33.8 Å². The average molecular weight is 870 g/mol. The molecule has 2 aromatic heterocycles. The number of nitrogens with one attached hydrogen (secondary N) is 3. The molecule has 0 aromatic carbocycles. The molecule has 3 N–H and O–H groups in total. The number of aromatic nitrogens is 2. The molecule has 0 unspecified atom stereocenters. The monoisotopic (exact) mass is 870 g/mol. The highest BCUT2D eigenvalue weighted by Gasteiger charge is 2.48. The Morgan fingerprint density at radius 3 is 2.50 bits per heavy atom. The molecule has 4 amide bonds. The fourth-order valence-corrected chi connectivity index (χ4v) is 9.58. The molecule has 6 rings (SSSR count). The lowest BCUT2D eigenvalue weighted by molar-refractivity contribution is -0.143. The maximum atomic E-state index is 14.4. The van der Waals surface area contributed by atoms with E-state index < -0.39 is 23.1 Å². The number of nitrogens with zero attached hydrogens (tertiary/aromatic N) is 4. The summed E-state index contributed by atoms with van der Waals surface area (Å²) in [7, 11) is 1.72. The fourth-order valence-electron chi connectivity index (χ4n) is 9.58. The van der Waals surface area contributed by atoms with Gasteiger partial charge in [-0.15, -0.1) is 0 Å². The van der Waals surface area contributed by atoms with Crippen LogP contribution in [0.4, 0.5) is 13.2 Å². The topological polar surface area (TPSA) is 155 Å². The van der Waals surface area contributed by atoms with Crippen molar-refractivity contribution in [1.82, 2.24) is 35.7 Å². The number of carbonyl (C=O) groups excluding carboxylic acids is 4. The first kappa shape index (κ1) is 47.3. The van der Waals surface area contributed by atoms with Gasteiger partial charge in [-0.2, -0.15) is 13.2 Å². The van der Waals surface area contributed by atoms with Gasteiger partial charge >= 0.3 is 6.18 Å². The second kappa shape index (κ2) is 20.1. The minimum atomic E-state index is -4.51. The quantitative estimate of drug-likeness (QED) is 0.159. The van der Waals surface area contributed by atoms with Crippen LogP contribution in [0.3, 0.4) is 0 Å². The molecule has 4 aliphatic rings. The molecule has 3 fully saturated rings. The number of hydrogen-bond donors (Lipinski definition) is 3. The molecule has 2 aromatic rings. The lowest BCUT2D eigenvalue weighted by atomic mass is 9.79. The Bertz CT molecular complexity index is 1870. The lowest BCUT2D eigenvalue weighted by Gasteiger charge is -2.37. The molecular formula is C46H66F3N7O6. The first-order chi connectivity index (χ1) is 29.3. The van der Waals surface area contributed by atoms with Crippen LogP contribution in [0.1, 0.15) is 120 Å². The molecule has 13 nitrogen and oxygen atoms in total. The van der Waals surface area contributed by atoms with Gasteiger partial charge in [0.2, 0.25) is 23.6 Å². The molecular weight excluding hydrogens is 804 g/mol. The first-order valence-corrected chi connectivity index (χ1v) is 22.3. The van der Waals surface area contributed by atoms with Crippen LogP contribution in [-0.2, 0) is 47.8 Å². The zero-order valence-electron chi connectivity index (χ0n) is 37.1. The van der Waals surface area contributed by atoms with Crippen molar-refractivity contribution in [3.8, 4) is 0 Å². The zero-order valence-corrected chi connectivity index (χ0v) is 37.1. The number of rotatable bonds is 18. The maximum Gasteiger partial charge on any atom is 0.417 e. The van der Waals surface area contributed by atoms with E-state index in [0.717, 1.165) is 37.1 Å². The van der Waals surface area contributed by atoms with Gasteiger partial charge in [0, 0.05) is 107 Å². The summed E-state index contributed by atoms with van der Waals surface area (Å²) in [4.78, 5) is 65.0. The predicted octanol–water partition coefficient (Wildman–Crippen LogP) is 5.77. The van der Waals surface area contributed by atoms with Crippen molar-refractivity contribution in [1.29, 1.82) is 0 Å². The van der Waals surface area contributed by atoms with Crippen LogP contribution < -0.4 is 16.0 Å². The highest BCUT2D eigenvalue weighted by molar-refractivity contribution is 5.90. The standard InChI is InChI=1S/C46H66F3N7O6/c1-43(2,29-62-30-44(3,4)28-53-41(59)36-23-39(58)55(5)40(36)31-8-6-17-50-25-31)15-10-38(57)51-18-7-14-45(16-9-35(24-45)54-34-12-20-61-21-13-34)42(60)56-19-11-37-32(27-56)22-33(26-52-37)46(47,48)49/h6,8,17,22,25-26,34-36,40,54H,7,9-16,18-21,23-24,27-30H2,1-5H3,(H,51,57)(H,53,59)/t35-,36+,40-,45+/m1/s1. The first-order valence-electron chi connectivity index (χ1n) is 22.3. The number of amides is 4. The summed E-state index contributed by atoms with van der Waals surface area (Å²) in [5, 5.41) is 9.88. The van der Waals surface area contributed by atoms with Crippen molar-refractivity contribution in [3.05, 3.63) is 59.2 Å². The third-order valence-corrected chi connectivity index (χ3v) is 13.3. The number of fused-ring (bicyclic) bond motifs is 1. The number of ether oxygens (including phenoxy) is 2. The number of alkyl halides is 3. The molecule has 342 valence electrons. The van der Waals surface area contributed by atoms with Gasteiger partial charge in [0.25, 0.3) is 0 Å². The van der Waals surface area contributed by atoms with Gasteiger partial charge in [0.15, 0.2) is 0 Å². The summed E-state index contributed by atoms with van der Waals surface area (Å²) in [6.07, 6.45) is 6.32. The van der Waals surface area contributed by atoms with Gasteiger partial charge in [-0.05, 0) is 80.0 Å². The van der Waals surface area contributed by atoms with Crippen LogP contribution in [0.2, 0.25) is 0 Å². The second-order valence-corrected chi connectivity index (χ2v) is 19.6. The van der Waals surface area contributed by atoms with E-state index in [-0.39, 0.29) is 59.5 Å². The molecule has 3 aliphatic heterocycles. The average Bonchev–Trinajstić information content (AvgIpc) is 3.79. The van der Waals surface area contributed by atoms with Crippen molar-refractivity contribution < 1.29 is 41.8 Å². The minimum Gasteiger partial charge on any atom is -0.381 e. The highest BCUT2D eigenvalue weighted by Crippen LogP contribution is 2.45. The summed E-state index contributed by atoms with van der Waals surface area (Å²) < 4.78 is 52.3. The normalized spacial score (nSPS) is 23.7. The van der Waals surface area contributed by atoms with E-state index in [1.807, 2.05) is 19.9 Å². The molecule has 4 atom stereocenters. The van der Waals surface area contributed by atoms with Crippen LogP contribution in [0, 0.1) is 22.2 Å². The number of pyridine rings is 2. The van der Waals surface area contributed by atoms with Crippen molar-refractivity contribution in [2.45, 2.75) is 129 Å². The van der Waals surface area contributed by atoms with E-state index >= 15 is 0 Å². The molecule has 5 heterocycles. The van der Waals surface area contributed by atoms with Crippen molar-refractivity contribution in [2.75, 3.05) is 53.1 Å². The summed E-state index contributed by atoms with van der Waals surface area (Å²) in [5.41, 5.74) is -0.281. The largest absolute Gasteiger partial charge is 0.417 e. The van der Waals surface area contributed by atoms with Gasteiger partial charge in [-0.3, -0.25) is 29.1 Å². The number of halogens is 3. The van der Waals surface area contributed by atoms with Crippen LogP contribution >= 0.6 is 0 Å². The van der Waals surface area contributed by atoms with E-state index in [1.54, 1.807) is 35.3 Å². The molecule has 0 bridgehead atoms. The Balaban J connectivity index is 0.945. The predicted molar refractivity (Wildman–Crippen MR) is 226 cm³/mol. The summed E-state index contributed by atoms with van der Waals surface area (Å²) in [6, 6.07) is 4.92. The van der Waals surface area contributed by atoms with Gasteiger partial charge in [0.1, 0.15) is 0 Å². The van der Waals surface area contributed by atoms with Crippen molar-refractivity contribution in [2.24, 2.45) is 22.2 Å². The Morgan fingerprint density at radius 1 is 1.02 bits per heavy atom. The number of carbonyl (C=O) groups is 4. The molecule has 2 saturated heterocycles. The summed E-state index contributed by atoms with van der Waals surface area (Å²) in [6.45, 7) is 11.7. The third-order valence-electron chi connectivity index (χ3n) is 13.3. The second-order valence-electron chi connectivity index (χ2n) is 19.6. The van der Waals surface area contributed by atoms with Crippen LogP contribution in [0.25, 0.3) is 0 Å².